The minimum atomic E-state index is -3.57. The van der Waals surface area contributed by atoms with E-state index in [0.29, 0.717) is 11.6 Å². The lowest BCUT2D eigenvalue weighted by atomic mass is 9.87. The van der Waals surface area contributed by atoms with Crippen molar-refractivity contribution in [2.45, 2.75) is 44.2 Å². The van der Waals surface area contributed by atoms with Crippen LogP contribution in [0.2, 0.25) is 5.02 Å². The van der Waals surface area contributed by atoms with Gasteiger partial charge in [0.05, 0.1) is 11.4 Å². The van der Waals surface area contributed by atoms with E-state index in [-0.39, 0.29) is 16.9 Å². The normalized spacial score (nSPS) is 12.3. The van der Waals surface area contributed by atoms with Crippen LogP contribution in [0.15, 0.2) is 71.8 Å². The first-order valence-corrected chi connectivity index (χ1v) is 11.0. The lowest BCUT2D eigenvalue weighted by molar-refractivity contribution is 0.575. The molecule has 1 N–H and O–H groups in total. The minimum absolute atomic E-state index is 0.0157. The molecule has 1 aromatic heterocycles. The van der Waals surface area contributed by atoms with Crippen LogP contribution in [0.3, 0.4) is 0 Å². The number of nitrogens with one attached hydrogen (secondary N) is 1. The molecule has 0 aliphatic rings. The summed E-state index contributed by atoms with van der Waals surface area (Å²) in [5.41, 5.74) is 3.08. The molecule has 0 saturated carbocycles. The molecule has 148 valence electrons. The van der Waals surface area contributed by atoms with E-state index in [2.05, 4.69) is 25.5 Å². The van der Waals surface area contributed by atoms with E-state index < -0.39 is 10.0 Å². The van der Waals surface area contributed by atoms with Gasteiger partial charge in [0, 0.05) is 23.5 Å². The van der Waals surface area contributed by atoms with E-state index in [1.807, 2.05) is 59.3 Å². The van der Waals surface area contributed by atoms with Crippen molar-refractivity contribution in [2.75, 3.05) is 0 Å². The van der Waals surface area contributed by atoms with Crippen LogP contribution >= 0.6 is 11.6 Å². The summed E-state index contributed by atoms with van der Waals surface area (Å²) in [5.74, 6) is 0. The number of sulfonamides is 1. The van der Waals surface area contributed by atoms with Crippen molar-refractivity contribution in [2.24, 2.45) is 0 Å². The molecule has 0 spiro atoms. The number of hydrogen-bond acceptors (Lipinski definition) is 2. The van der Waals surface area contributed by atoms with Crippen LogP contribution in [0, 0.1) is 0 Å². The smallest absolute Gasteiger partial charge is 0.240 e. The van der Waals surface area contributed by atoms with Gasteiger partial charge in [0.15, 0.2) is 0 Å². The van der Waals surface area contributed by atoms with Crippen molar-refractivity contribution in [3.63, 3.8) is 0 Å². The molecular weight excluding hydrogens is 392 g/mol. The maximum Gasteiger partial charge on any atom is 0.240 e. The average Bonchev–Trinajstić information content (AvgIpc) is 3.08. The Hall–Kier alpha value is -2.08. The van der Waals surface area contributed by atoms with Crippen LogP contribution < -0.4 is 4.72 Å². The molecule has 4 nitrogen and oxygen atoms in total. The predicted octanol–water partition coefficient (Wildman–Crippen LogP) is 4.97. The second kappa shape index (κ2) is 8.11. The van der Waals surface area contributed by atoms with Crippen LogP contribution in [-0.4, -0.2) is 13.0 Å². The topological polar surface area (TPSA) is 51.1 Å². The van der Waals surface area contributed by atoms with Gasteiger partial charge in [0.25, 0.3) is 0 Å². The fourth-order valence-electron chi connectivity index (χ4n) is 2.94. The molecule has 0 atom stereocenters. The monoisotopic (exact) mass is 416 g/mol. The van der Waals surface area contributed by atoms with Crippen molar-refractivity contribution in [1.82, 2.24) is 9.29 Å². The Kier molecular flexibility index (Phi) is 5.98. The number of halogens is 1. The Labute approximate surface area is 172 Å². The summed E-state index contributed by atoms with van der Waals surface area (Å²) < 4.78 is 30.0. The van der Waals surface area contributed by atoms with Crippen LogP contribution in [0.1, 0.15) is 37.6 Å². The zero-order chi connectivity index (χ0) is 20.4. The highest BCUT2D eigenvalue weighted by molar-refractivity contribution is 7.89. The van der Waals surface area contributed by atoms with E-state index in [1.165, 1.54) is 0 Å². The van der Waals surface area contributed by atoms with Gasteiger partial charge in [-0.25, -0.2) is 13.1 Å². The molecule has 6 heteroatoms. The second-order valence-corrected chi connectivity index (χ2v) is 10.1. The summed E-state index contributed by atoms with van der Waals surface area (Å²) in [5, 5.41) is 0.696. The third-order valence-electron chi connectivity index (χ3n) is 4.66. The zero-order valence-corrected chi connectivity index (χ0v) is 17.9. The number of hydrogen-bond donors (Lipinski definition) is 1. The van der Waals surface area contributed by atoms with Gasteiger partial charge in [-0.1, -0.05) is 56.6 Å². The van der Waals surface area contributed by atoms with Crippen LogP contribution in [-0.2, 0) is 28.5 Å². The van der Waals surface area contributed by atoms with Gasteiger partial charge in [0.2, 0.25) is 10.0 Å². The molecule has 0 aliphatic heterocycles. The van der Waals surface area contributed by atoms with E-state index in [9.17, 15) is 8.42 Å². The van der Waals surface area contributed by atoms with Gasteiger partial charge < -0.3 is 4.57 Å². The van der Waals surface area contributed by atoms with E-state index in [0.717, 1.165) is 16.8 Å². The Morgan fingerprint density at radius 2 is 1.61 bits per heavy atom. The predicted molar refractivity (Wildman–Crippen MR) is 114 cm³/mol. The Morgan fingerprint density at radius 3 is 2.21 bits per heavy atom. The molecule has 0 amide bonds. The Bertz CT molecular complexity index is 1030. The molecule has 2 aromatic carbocycles. The fraction of sp³-hybridized carbons (Fsp3) is 0.273. The maximum absolute atomic E-state index is 12.7. The van der Waals surface area contributed by atoms with Gasteiger partial charge in [-0.3, -0.25) is 0 Å². The largest absolute Gasteiger partial charge is 0.346 e. The summed E-state index contributed by atoms with van der Waals surface area (Å²) in [6, 6.07) is 18.5. The van der Waals surface area contributed by atoms with Crippen molar-refractivity contribution >= 4 is 21.6 Å². The Balaban J connectivity index is 1.70. The summed E-state index contributed by atoms with van der Waals surface area (Å²) in [6.07, 6.45) is 1.94. The highest BCUT2D eigenvalue weighted by Gasteiger charge is 2.18. The van der Waals surface area contributed by atoms with Gasteiger partial charge in [-0.2, -0.15) is 0 Å². The standard InChI is InChI=1S/C22H25ClN2O2S/c1-22(2,3)18-8-12-21(13-9-18)28(26,27)24-15-20-5-4-14-25(20)16-17-6-10-19(23)11-7-17/h4-14,24H,15-16H2,1-3H3. The van der Waals surface area contributed by atoms with E-state index >= 15 is 0 Å². The molecular formula is C22H25ClN2O2S. The fourth-order valence-corrected chi connectivity index (χ4v) is 4.06. The van der Waals surface area contributed by atoms with Gasteiger partial charge in [-0.05, 0) is 52.9 Å². The molecule has 0 bridgehead atoms. The van der Waals surface area contributed by atoms with Crippen molar-refractivity contribution in [3.05, 3.63) is 88.7 Å². The average molecular weight is 417 g/mol. The molecule has 28 heavy (non-hydrogen) atoms. The molecule has 0 fully saturated rings. The summed E-state index contributed by atoms with van der Waals surface area (Å²) in [4.78, 5) is 0.274. The summed E-state index contributed by atoms with van der Waals surface area (Å²) >= 11 is 5.93. The third kappa shape index (κ3) is 5.04. The molecule has 1 heterocycles. The second-order valence-electron chi connectivity index (χ2n) is 7.85. The van der Waals surface area contributed by atoms with Crippen LogP contribution in [0.5, 0.6) is 0 Å². The molecule has 0 aliphatic carbocycles. The molecule has 0 radical (unpaired) electrons. The van der Waals surface area contributed by atoms with E-state index in [4.69, 9.17) is 11.6 Å². The first kappa shape index (κ1) is 20.6. The highest BCUT2D eigenvalue weighted by atomic mass is 35.5. The molecule has 3 rings (SSSR count). The lowest BCUT2D eigenvalue weighted by Crippen LogP contribution is -2.25. The van der Waals surface area contributed by atoms with Crippen LogP contribution in [0.4, 0.5) is 0 Å². The summed E-state index contributed by atoms with van der Waals surface area (Å²) in [7, 11) is -3.57. The van der Waals surface area contributed by atoms with Gasteiger partial charge in [-0.15, -0.1) is 0 Å². The summed E-state index contributed by atoms with van der Waals surface area (Å²) in [6.45, 7) is 7.18. The first-order chi connectivity index (χ1) is 13.1. The Morgan fingerprint density at radius 1 is 0.964 bits per heavy atom. The molecule has 0 unspecified atom stereocenters. The first-order valence-electron chi connectivity index (χ1n) is 9.14. The number of aromatic nitrogens is 1. The SMILES string of the molecule is CC(C)(C)c1ccc(S(=O)(=O)NCc2cccn2Cc2ccc(Cl)cc2)cc1. The third-order valence-corrected chi connectivity index (χ3v) is 6.33. The van der Waals surface area contributed by atoms with Crippen molar-refractivity contribution < 1.29 is 8.42 Å². The van der Waals surface area contributed by atoms with Crippen molar-refractivity contribution in [3.8, 4) is 0 Å². The maximum atomic E-state index is 12.7. The van der Waals surface area contributed by atoms with Gasteiger partial charge >= 0.3 is 0 Å². The quantitative estimate of drug-likeness (QED) is 0.617. The molecule has 0 saturated heterocycles. The number of rotatable bonds is 6. The van der Waals surface area contributed by atoms with Crippen molar-refractivity contribution in [1.29, 1.82) is 0 Å². The zero-order valence-electron chi connectivity index (χ0n) is 16.3. The number of benzene rings is 2. The number of nitrogens with zero attached hydrogens (tertiary/aromatic N) is 1. The molecule has 3 aromatic rings. The highest BCUT2D eigenvalue weighted by Crippen LogP contribution is 2.23. The van der Waals surface area contributed by atoms with E-state index in [1.54, 1.807) is 12.1 Å². The minimum Gasteiger partial charge on any atom is -0.346 e. The lowest BCUT2D eigenvalue weighted by Gasteiger charge is -2.19. The van der Waals surface area contributed by atoms with Gasteiger partial charge in [0.1, 0.15) is 0 Å². The van der Waals surface area contributed by atoms with Crippen LogP contribution in [0.25, 0.3) is 0 Å².